The third-order valence-corrected chi connectivity index (χ3v) is 3.02. The maximum Gasteiger partial charge on any atom is 0.227 e. The second kappa shape index (κ2) is 5.00. The summed E-state index contributed by atoms with van der Waals surface area (Å²) in [6, 6.07) is 8.24. The molecule has 1 aliphatic heterocycles. The molecular weight excluding hydrogens is 210 g/mol. The molecule has 2 heteroatoms. The summed E-state index contributed by atoms with van der Waals surface area (Å²) >= 11 is 0. The predicted molar refractivity (Wildman–Crippen MR) is 70.1 cm³/mol. The van der Waals surface area contributed by atoms with E-state index in [2.05, 4.69) is 18.7 Å². The molecule has 1 aliphatic rings. The van der Waals surface area contributed by atoms with Gasteiger partial charge in [-0.1, -0.05) is 30.3 Å². The minimum Gasteiger partial charge on any atom is -0.314 e. The van der Waals surface area contributed by atoms with Gasteiger partial charge in [-0.3, -0.25) is 4.79 Å². The Labute approximate surface area is 102 Å². The first kappa shape index (κ1) is 11.6. The number of amides is 1. The van der Waals surface area contributed by atoms with Gasteiger partial charge in [0, 0.05) is 12.6 Å². The van der Waals surface area contributed by atoms with Gasteiger partial charge < -0.3 is 4.90 Å². The van der Waals surface area contributed by atoms with E-state index in [1.165, 1.54) is 11.1 Å². The van der Waals surface area contributed by atoms with Gasteiger partial charge in [-0.15, -0.1) is 6.58 Å². The van der Waals surface area contributed by atoms with Crippen molar-refractivity contribution in [1.82, 2.24) is 4.90 Å². The van der Waals surface area contributed by atoms with Crippen LogP contribution in [0.25, 0.3) is 5.57 Å². The third kappa shape index (κ3) is 2.47. The first-order valence-corrected chi connectivity index (χ1v) is 5.89. The molecule has 1 aromatic carbocycles. The number of allylic oxidation sites excluding steroid dienone is 2. The molecule has 0 saturated carbocycles. The number of fused-ring (bicyclic) bond motifs is 1. The quantitative estimate of drug-likeness (QED) is 0.725. The molecule has 2 nitrogen and oxygen atoms in total. The highest BCUT2D eigenvalue weighted by Gasteiger charge is 2.18. The van der Waals surface area contributed by atoms with Crippen LogP contribution in [0.15, 0.2) is 43.1 Å². The summed E-state index contributed by atoms with van der Waals surface area (Å²) in [5.74, 6) is 0.166. The van der Waals surface area contributed by atoms with Crippen LogP contribution in [0, 0.1) is 0 Å². The van der Waals surface area contributed by atoms with E-state index in [-0.39, 0.29) is 5.91 Å². The highest BCUT2D eigenvalue weighted by atomic mass is 16.2. The van der Waals surface area contributed by atoms with E-state index in [1.54, 1.807) is 11.0 Å². The number of hydrogen-bond acceptors (Lipinski definition) is 1. The smallest absolute Gasteiger partial charge is 0.227 e. The lowest BCUT2D eigenvalue weighted by Gasteiger charge is -2.26. The Morgan fingerprint density at radius 3 is 3.00 bits per heavy atom. The minimum atomic E-state index is 0.166. The van der Waals surface area contributed by atoms with Crippen molar-refractivity contribution in [1.29, 1.82) is 0 Å². The lowest BCUT2D eigenvalue weighted by atomic mass is 9.98. The zero-order valence-electron chi connectivity index (χ0n) is 10.1. The molecule has 17 heavy (non-hydrogen) atoms. The standard InChI is InChI=1S/C15H17NO/c1-3-4-9-15(17)16-10-12(2)14-8-6-5-7-13(14)11-16/h3,5-8,10H,1,4,9,11H2,2H3. The summed E-state index contributed by atoms with van der Waals surface area (Å²) in [4.78, 5) is 13.8. The molecule has 1 aromatic rings. The highest BCUT2D eigenvalue weighted by Crippen LogP contribution is 2.26. The van der Waals surface area contributed by atoms with Gasteiger partial charge in [-0.05, 0) is 30.0 Å². The monoisotopic (exact) mass is 227 g/mol. The van der Waals surface area contributed by atoms with Crippen molar-refractivity contribution in [2.75, 3.05) is 0 Å². The predicted octanol–water partition coefficient (Wildman–Crippen LogP) is 3.36. The first-order chi connectivity index (χ1) is 8.22. The van der Waals surface area contributed by atoms with Crippen LogP contribution in [-0.4, -0.2) is 10.8 Å². The number of rotatable bonds is 3. The summed E-state index contributed by atoms with van der Waals surface area (Å²) in [5, 5.41) is 0. The van der Waals surface area contributed by atoms with Gasteiger partial charge in [0.15, 0.2) is 0 Å². The minimum absolute atomic E-state index is 0.166. The van der Waals surface area contributed by atoms with Crippen LogP contribution in [0.2, 0.25) is 0 Å². The van der Waals surface area contributed by atoms with Crippen LogP contribution in [0.5, 0.6) is 0 Å². The number of carbonyl (C=O) groups is 1. The van der Waals surface area contributed by atoms with E-state index in [9.17, 15) is 4.79 Å². The van der Waals surface area contributed by atoms with Crippen molar-refractivity contribution in [2.24, 2.45) is 0 Å². The summed E-state index contributed by atoms with van der Waals surface area (Å²) < 4.78 is 0. The largest absolute Gasteiger partial charge is 0.314 e. The molecule has 1 heterocycles. The van der Waals surface area contributed by atoms with Crippen molar-refractivity contribution in [3.8, 4) is 0 Å². The Morgan fingerprint density at radius 1 is 1.47 bits per heavy atom. The van der Waals surface area contributed by atoms with Crippen LogP contribution >= 0.6 is 0 Å². The molecule has 2 rings (SSSR count). The van der Waals surface area contributed by atoms with Gasteiger partial charge in [0.25, 0.3) is 0 Å². The Hall–Kier alpha value is -1.83. The van der Waals surface area contributed by atoms with Crippen LogP contribution < -0.4 is 0 Å². The normalized spacial score (nSPS) is 13.9. The van der Waals surface area contributed by atoms with Crippen molar-refractivity contribution in [3.05, 3.63) is 54.2 Å². The molecular formula is C15H17NO. The SMILES string of the molecule is C=CCCC(=O)N1C=C(C)c2ccccc2C1. The van der Waals surface area contributed by atoms with Crippen LogP contribution in [-0.2, 0) is 11.3 Å². The molecule has 0 bridgehead atoms. The molecule has 0 N–H and O–H groups in total. The Bertz CT molecular complexity index is 474. The Balaban J connectivity index is 2.18. The lowest BCUT2D eigenvalue weighted by molar-refractivity contribution is -0.129. The molecule has 0 spiro atoms. The van der Waals surface area contributed by atoms with E-state index in [4.69, 9.17) is 0 Å². The van der Waals surface area contributed by atoms with Gasteiger partial charge >= 0.3 is 0 Å². The van der Waals surface area contributed by atoms with Crippen LogP contribution in [0.3, 0.4) is 0 Å². The van der Waals surface area contributed by atoms with Crippen LogP contribution in [0.4, 0.5) is 0 Å². The maximum atomic E-state index is 11.9. The number of benzene rings is 1. The van der Waals surface area contributed by atoms with E-state index in [0.29, 0.717) is 13.0 Å². The van der Waals surface area contributed by atoms with Crippen molar-refractivity contribution in [3.63, 3.8) is 0 Å². The fourth-order valence-electron chi connectivity index (χ4n) is 2.10. The van der Waals surface area contributed by atoms with Gasteiger partial charge in [0.05, 0.1) is 6.54 Å². The first-order valence-electron chi connectivity index (χ1n) is 5.89. The molecule has 0 atom stereocenters. The van der Waals surface area contributed by atoms with Gasteiger partial charge in [0.2, 0.25) is 5.91 Å². The maximum absolute atomic E-state index is 11.9. The summed E-state index contributed by atoms with van der Waals surface area (Å²) in [6.07, 6.45) is 5.01. The lowest BCUT2D eigenvalue weighted by Crippen LogP contribution is -2.27. The average molecular weight is 227 g/mol. The second-order valence-electron chi connectivity index (χ2n) is 4.32. The molecule has 0 fully saturated rings. The topological polar surface area (TPSA) is 20.3 Å². The molecule has 0 aliphatic carbocycles. The zero-order valence-corrected chi connectivity index (χ0v) is 10.1. The summed E-state index contributed by atoms with van der Waals surface area (Å²) in [5.41, 5.74) is 3.62. The molecule has 0 aromatic heterocycles. The number of nitrogens with zero attached hydrogens (tertiary/aromatic N) is 1. The van der Waals surface area contributed by atoms with Crippen LogP contribution in [0.1, 0.15) is 30.9 Å². The second-order valence-corrected chi connectivity index (χ2v) is 4.32. The molecule has 0 radical (unpaired) electrons. The molecule has 0 unspecified atom stereocenters. The summed E-state index contributed by atoms with van der Waals surface area (Å²) in [6.45, 7) is 6.37. The highest BCUT2D eigenvalue weighted by molar-refractivity contribution is 5.81. The molecule has 1 amide bonds. The van der Waals surface area contributed by atoms with Gasteiger partial charge in [0.1, 0.15) is 0 Å². The van der Waals surface area contributed by atoms with E-state index < -0.39 is 0 Å². The van der Waals surface area contributed by atoms with Crippen molar-refractivity contribution in [2.45, 2.75) is 26.3 Å². The van der Waals surface area contributed by atoms with E-state index in [1.807, 2.05) is 25.3 Å². The van der Waals surface area contributed by atoms with Gasteiger partial charge in [-0.2, -0.15) is 0 Å². The van der Waals surface area contributed by atoms with Crippen molar-refractivity contribution < 1.29 is 4.79 Å². The van der Waals surface area contributed by atoms with Crippen molar-refractivity contribution >= 4 is 11.5 Å². The number of hydrogen-bond donors (Lipinski definition) is 0. The zero-order chi connectivity index (χ0) is 12.3. The molecule has 0 saturated heterocycles. The van der Waals surface area contributed by atoms with Gasteiger partial charge in [-0.25, -0.2) is 0 Å². The average Bonchev–Trinajstić information content (AvgIpc) is 2.36. The van der Waals surface area contributed by atoms with E-state index in [0.717, 1.165) is 12.0 Å². The molecule has 88 valence electrons. The Morgan fingerprint density at radius 2 is 2.24 bits per heavy atom. The third-order valence-electron chi connectivity index (χ3n) is 3.02. The fourth-order valence-corrected chi connectivity index (χ4v) is 2.10. The summed E-state index contributed by atoms with van der Waals surface area (Å²) in [7, 11) is 0. The van der Waals surface area contributed by atoms with E-state index >= 15 is 0 Å². The Kier molecular flexibility index (Phi) is 3.43. The fraction of sp³-hybridized carbons (Fsp3) is 0.267. The number of carbonyl (C=O) groups excluding carboxylic acids is 1.